The third-order valence-corrected chi connectivity index (χ3v) is 8.69. The monoisotopic (exact) mass is 710 g/mol. The van der Waals surface area contributed by atoms with E-state index in [0.29, 0.717) is 69.0 Å². The van der Waals surface area contributed by atoms with E-state index in [4.69, 9.17) is 10.7 Å². The molecule has 15 nitrogen and oxygen atoms in total. The molecule has 4 rings (SSSR count). The fourth-order valence-corrected chi connectivity index (χ4v) is 5.89. The molecule has 0 radical (unpaired) electrons. The molecule has 7 N–H and O–H groups in total. The number of aryl methyl sites for hydroxylation is 1. The Morgan fingerprint density at radius 2 is 1.71 bits per heavy atom. The first-order chi connectivity index (χ1) is 24.3. The van der Waals surface area contributed by atoms with Gasteiger partial charge in [0, 0.05) is 63.5 Å². The van der Waals surface area contributed by atoms with Gasteiger partial charge in [-0.15, -0.1) is 0 Å². The maximum Gasteiger partial charge on any atom is 0.341 e. The van der Waals surface area contributed by atoms with Crippen LogP contribution in [-0.4, -0.2) is 83.2 Å². The van der Waals surface area contributed by atoms with E-state index in [1.165, 1.54) is 13.1 Å². The number of nitrogens with zero attached hydrogens (tertiary/aromatic N) is 3. The summed E-state index contributed by atoms with van der Waals surface area (Å²) in [6.07, 6.45) is 2.15. The van der Waals surface area contributed by atoms with Gasteiger partial charge in [0.2, 0.25) is 23.2 Å². The molecule has 0 bridgehead atoms. The summed E-state index contributed by atoms with van der Waals surface area (Å²) in [4.78, 5) is 69.9. The summed E-state index contributed by atoms with van der Waals surface area (Å²) < 4.78 is 16.9. The molecule has 276 valence electrons. The molecular formula is C35H47FN8O7. The average Bonchev–Trinajstić information content (AvgIpc) is 3.10. The van der Waals surface area contributed by atoms with Gasteiger partial charge >= 0.3 is 5.97 Å². The molecule has 1 saturated heterocycles. The number of anilines is 2. The van der Waals surface area contributed by atoms with Crippen molar-refractivity contribution in [2.24, 2.45) is 11.8 Å². The Balaban J connectivity index is 1.32. The van der Waals surface area contributed by atoms with E-state index in [-0.39, 0.29) is 23.8 Å². The Bertz CT molecular complexity index is 1770. The summed E-state index contributed by atoms with van der Waals surface area (Å²) in [7, 11) is 0. The molecule has 2 aromatic carbocycles. The fraction of sp³-hybridized carbons (Fsp3) is 0.457. The Kier molecular flexibility index (Phi) is 13.6. The highest BCUT2D eigenvalue weighted by molar-refractivity contribution is 5.98. The highest BCUT2D eigenvalue weighted by Gasteiger charge is 2.28. The number of pyridine rings is 1. The summed E-state index contributed by atoms with van der Waals surface area (Å²) in [6.45, 7) is 9.76. The predicted octanol–water partition coefficient (Wildman–Crippen LogP) is 1.94. The maximum atomic E-state index is 15.3. The van der Waals surface area contributed by atoms with E-state index >= 15 is 4.39 Å². The summed E-state index contributed by atoms with van der Waals surface area (Å²) in [5, 5.41) is 19.5. The summed E-state index contributed by atoms with van der Waals surface area (Å²) in [6, 6.07) is 8.18. The van der Waals surface area contributed by atoms with Crippen LogP contribution < -0.4 is 37.5 Å². The number of carbonyl (C=O) groups is 4. The van der Waals surface area contributed by atoms with E-state index in [1.807, 2.05) is 24.0 Å². The number of aromatic nitrogens is 1. The molecule has 1 aliphatic heterocycles. The van der Waals surface area contributed by atoms with Gasteiger partial charge in [0.15, 0.2) is 0 Å². The number of hydrogen-bond acceptors (Lipinski definition) is 10. The quantitative estimate of drug-likeness (QED) is 0.0721. The van der Waals surface area contributed by atoms with Gasteiger partial charge in [-0.1, -0.05) is 26.0 Å². The highest BCUT2D eigenvalue weighted by Crippen LogP contribution is 2.27. The number of carboxylic acid groups (broad SMARTS) is 1. The van der Waals surface area contributed by atoms with Crippen molar-refractivity contribution >= 4 is 46.0 Å². The molecule has 3 amide bonds. The van der Waals surface area contributed by atoms with E-state index in [0.717, 1.165) is 11.6 Å². The molecule has 3 aromatic rings. The number of piperazine rings is 1. The predicted molar refractivity (Wildman–Crippen MR) is 190 cm³/mol. The van der Waals surface area contributed by atoms with E-state index in [9.17, 15) is 29.1 Å². The lowest BCUT2D eigenvalue weighted by Gasteiger charge is -2.35. The van der Waals surface area contributed by atoms with Crippen molar-refractivity contribution in [1.82, 2.24) is 25.7 Å². The smallest absolute Gasteiger partial charge is 0.341 e. The largest absolute Gasteiger partial charge is 0.477 e. The lowest BCUT2D eigenvalue weighted by atomic mass is 10.0. The zero-order valence-corrected chi connectivity index (χ0v) is 29.3. The van der Waals surface area contributed by atoms with Crippen LogP contribution in [0.2, 0.25) is 0 Å². The maximum absolute atomic E-state index is 15.3. The average molecular weight is 711 g/mol. The SMILES string of the molecule is CCn1cc(C(=O)O)c(=O)c2cc(F)c(N3CCN(OCc4ccc(NC(=O)[C@H](CCCNN)NC(=O)[C@@H](NC(C)=O)C(C)C)cc4)CC3)cc21. The van der Waals surface area contributed by atoms with Gasteiger partial charge in [0.1, 0.15) is 23.5 Å². The number of amides is 3. The van der Waals surface area contributed by atoms with E-state index in [2.05, 4.69) is 21.4 Å². The number of hydroxylamine groups is 2. The molecule has 0 spiro atoms. The molecule has 0 aliphatic carbocycles. The van der Waals surface area contributed by atoms with Crippen LogP contribution in [0.4, 0.5) is 15.8 Å². The first-order valence-corrected chi connectivity index (χ1v) is 17.0. The molecule has 51 heavy (non-hydrogen) atoms. The van der Waals surface area contributed by atoms with Gasteiger partial charge in [-0.25, -0.2) is 9.18 Å². The number of halogens is 1. The molecule has 1 fully saturated rings. The van der Waals surface area contributed by atoms with E-state index in [1.54, 1.807) is 41.7 Å². The van der Waals surface area contributed by atoms with E-state index < -0.39 is 46.7 Å². The number of nitrogens with two attached hydrogens (primary N) is 1. The van der Waals surface area contributed by atoms with Crippen LogP contribution in [0.15, 0.2) is 47.4 Å². The van der Waals surface area contributed by atoms with Crippen molar-refractivity contribution in [3.05, 3.63) is 69.8 Å². The van der Waals surface area contributed by atoms with Crippen molar-refractivity contribution in [1.29, 1.82) is 0 Å². The molecule has 1 aromatic heterocycles. The van der Waals surface area contributed by atoms with Crippen molar-refractivity contribution in [2.45, 2.75) is 65.8 Å². The molecule has 1 aliphatic rings. The van der Waals surface area contributed by atoms with Crippen LogP contribution in [0.1, 0.15) is 56.5 Å². The Morgan fingerprint density at radius 3 is 2.29 bits per heavy atom. The van der Waals surface area contributed by atoms with Crippen LogP contribution in [-0.2, 0) is 32.4 Å². The Morgan fingerprint density at radius 1 is 1.02 bits per heavy atom. The van der Waals surface area contributed by atoms with Crippen LogP contribution in [0.25, 0.3) is 10.9 Å². The topological polar surface area (TPSA) is 200 Å². The summed E-state index contributed by atoms with van der Waals surface area (Å²) in [5.74, 6) is 2.05. The Hall–Kier alpha value is -4.90. The molecular weight excluding hydrogens is 663 g/mol. The molecule has 0 unspecified atom stereocenters. The van der Waals surface area contributed by atoms with Crippen LogP contribution in [0, 0.1) is 11.7 Å². The second-order valence-corrected chi connectivity index (χ2v) is 12.7. The highest BCUT2D eigenvalue weighted by atomic mass is 19.1. The number of rotatable bonds is 16. The van der Waals surface area contributed by atoms with Crippen LogP contribution >= 0.6 is 0 Å². The zero-order chi connectivity index (χ0) is 37.2. The molecule has 2 heterocycles. The van der Waals surface area contributed by atoms with Gasteiger partial charge in [0.05, 0.1) is 17.8 Å². The normalized spacial score (nSPS) is 14.7. The summed E-state index contributed by atoms with van der Waals surface area (Å²) in [5.41, 5.74) is 3.60. The first-order valence-electron chi connectivity index (χ1n) is 17.0. The number of carbonyl (C=O) groups excluding carboxylic acids is 3. The van der Waals surface area contributed by atoms with Crippen molar-refractivity contribution in [3.63, 3.8) is 0 Å². The minimum absolute atomic E-state index is 0.0238. The minimum atomic E-state index is -1.35. The molecule has 2 atom stereocenters. The zero-order valence-electron chi connectivity index (χ0n) is 29.3. The van der Waals surface area contributed by atoms with Crippen molar-refractivity contribution in [2.75, 3.05) is 42.9 Å². The lowest BCUT2D eigenvalue weighted by molar-refractivity contribution is -0.171. The standard InChI is InChI=1S/C35H47FN8O7/c1-5-42-19-26(35(49)50)32(46)25-17-27(36)30(18-29(25)42)43-13-15-44(16-14-43)51-20-23-8-10-24(11-9-23)40-33(47)28(7-6-12-38-37)41-34(48)31(21(2)3)39-22(4)45/h8-11,17-19,21,28,31,38H,5-7,12-16,20,37H2,1-4H3,(H,39,45)(H,40,47)(H,41,48)(H,49,50)/t28-,31-/m0/s1. The van der Waals surface area contributed by atoms with Crippen molar-refractivity contribution < 1.29 is 33.5 Å². The van der Waals surface area contributed by atoms with Crippen LogP contribution in [0.3, 0.4) is 0 Å². The second kappa shape index (κ2) is 17.8. The first kappa shape index (κ1) is 38.9. The second-order valence-electron chi connectivity index (χ2n) is 12.7. The van der Waals surface area contributed by atoms with Gasteiger partial charge in [-0.3, -0.25) is 35.3 Å². The number of fused-ring (bicyclic) bond motifs is 1. The number of aromatic carboxylic acids is 1. The van der Waals surface area contributed by atoms with Crippen LogP contribution in [0.5, 0.6) is 0 Å². The lowest BCUT2D eigenvalue weighted by Crippen LogP contribution is -2.54. The summed E-state index contributed by atoms with van der Waals surface area (Å²) >= 11 is 0. The van der Waals surface area contributed by atoms with Crippen molar-refractivity contribution in [3.8, 4) is 0 Å². The number of benzene rings is 2. The third-order valence-electron chi connectivity index (χ3n) is 8.69. The van der Waals surface area contributed by atoms with Gasteiger partial charge in [-0.2, -0.15) is 5.06 Å². The number of hydrazine groups is 1. The molecule has 16 heteroatoms. The molecule has 0 saturated carbocycles. The minimum Gasteiger partial charge on any atom is -0.477 e. The number of nitrogens with one attached hydrogen (secondary N) is 4. The van der Waals surface area contributed by atoms with Gasteiger partial charge in [-0.05, 0) is 55.5 Å². The number of hydrogen-bond donors (Lipinski definition) is 6. The third kappa shape index (κ3) is 10.1. The van der Waals surface area contributed by atoms with Gasteiger partial charge in [0.25, 0.3) is 0 Å². The fourth-order valence-electron chi connectivity index (χ4n) is 5.89. The Labute approximate surface area is 295 Å². The van der Waals surface area contributed by atoms with Gasteiger partial charge < -0.3 is 30.5 Å². The number of carboxylic acids is 1.